The molecule has 1 aromatic carbocycles. The van der Waals surface area contributed by atoms with Crippen LogP contribution in [0.5, 0.6) is 5.75 Å². The van der Waals surface area contributed by atoms with Crippen LogP contribution in [-0.2, 0) is 11.2 Å². The van der Waals surface area contributed by atoms with Crippen molar-refractivity contribution in [2.75, 3.05) is 7.11 Å². The molecule has 0 fully saturated rings. The van der Waals surface area contributed by atoms with Gasteiger partial charge < -0.3 is 4.74 Å². The van der Waals surface area contributed by atoms with Crippen LogP contribution in [0.3, 0.4) is 0 Å². The van der Waals surface area contributed by atoms with Crippen LogP contribution in [0.4, 0.5) is 0 Å². The molecule has 0 saturated heterocycles. The molecule has 100 valence electrons. The number of ether oxygens (including phenoxy) is 1. The molecule has 2 aliphatic rings. The molecule has 1 atom stereocenters. The first kappa shape index (κ1) is 13.4. The highest BCUT2D eigenvalue weighted by Gasteiger charge is 2.43. The number of allylic oxidation sites excluding steroid dienone is 2. The number of carbonyl (C=O) groups is 1. The topological polar surface area (TPSA) is 26.3 Å². The summed E-state index contributed by atoms with van der Waals surface area (Å²) in [7, 11) is 1.68. The van der Waals surface area contributed by atoms with Crippen molar-refractivity contribution in [2.24, 2.45) is 5.41 Å². The van der Waals surface area contributed by atoms with E-state index in [9.17, 15) is 4.79 Å². The van der Waals surface area contributed by atoms with E-state index in [2.05, 4.69) is 50.9 Å². The molecule has 4 heteroatoms. The molecule has 0 aromatic heterocycles. The number of rotatable bonds is 1. The maximum atomic E-state index is 12.0. The Morgan fingerprint density at radius 3 is 2.74 bits per heavy atom. The molecule has 0 spiro atoms. The van der Waals surface area contributed by atoms with Crippen LogP contribution < -0.4 is 4.74 Å². The predicted molar refractivity (Wildman–Crippen MR) is 82.6 cm³/mol. The van der Waals surface area contributed by atoms with E-state index in [1.165, 1.54) is 16.7 Å². The number of ketones is 1. The normalized spacial score (nSPS) is 25.4. The minimum atomic E-state index is 0.0703. The minimum Gasteiger partial charge on any atom is -0.496 e. The van der Waals surface area contributed by atoms with E-state index >= 15 is 0 Å². The maximum absolute atomic E-state index is 12.0. The third-order valence-electron chi connectivity index (χ3n) is 4.20. The second-order valence-corrected chi connectivity index (χ2v) is 7.14. The summed E-state index contributed by atoms with van der Waals surface area (Å²) >= 11 is 7.04. The first-order valence-electron chi connectivity index (χ1n) is 6.26. The van der Waals surface area contributed by atoms with Gasteiger partial charge in [0.25, 0.3) is 0 Å². The van der Waals surface area contributed by atoms with Crippen molar-refractivity contribution < 1.29 is 9.53 Å². The molecule has 19 heavy (non-hydrogen) atoms. The van der Waals surface area contributed by atoms with E-state index in [4.69, 9.17) is 4.74 Å². The lowest BCUT2D eigenvalue weighted by Crippen LogP contribution is -2.23. The smallest absolute Gasteiger partial charge is 0.170 e. The van der Waals surface area contributed by atoms with Gasteiger partial charge in [-0.05, 0) is 78.9 Å². The molecule has 0 bridgehead atoms. The predicted octanol–water partition coefficient (Wildman–Crippen LogP) is 4.49. The summed E-state index contributed by atoms with van der Waals surface area (Å²) in [6, 6.07) is 4.16. The molecular formula is C15H14Br2O2. The number of methoxy groups -OCH3 is 1. The second-order valence-electron chi connectivity index (χ2n) is 5.49. The fourth-order valence-corrected chi connectivity index (χ4v) is 4.60. The van der Waals surface area contributed by atoms with E-state index in [0.717, 1.165) is 27.5 Å². The summed E-state index contributed by atoms with van der Waals surface area (Å²) in [6.07, 6.45) is 2.53. The Bertz CT molecular complexity index is 619. The van der Waals surface area contributed by atoms with Gasteiger partial charge in [0.15, 0.2) is 5.78 Å². The van der Waals surface area contributed by atoms with Gasteiger partial charge in [0.1, 0.15) is 5.75 Å². The lowest BCUT2D eigenvalue weighted by molar-refractivity contribution is -0.115. The van der Waals surface area contributed by atoms with E-state index < -0.39 is 0 Å². The van der Waals surface area contributed by atoms with Crippen molar-refractivity contribution in [1.29, 1.82) is 0 Å². The zero-order valence-corrected chi connectivity index (χ0v) is 14.0. The zero-order chi connectivity index (χ0) is 13.8. The molecule has 2 aliphatic carbocycles. The van der Waals surface area contributed by atoms with Crippen molar-refractivity contribution in [3.63, 3.8) is 0 Å². The Morgan fingerprint density at radius 1 is 1.32 bits per heavy atom. The number of Topliss-reactive ketones (excluding diaryl/α,β-unsaturated/α-hetero) is 1. The fourth-order valence-electron chi connectivity index (χ4n) is 3.20. The SMILES string of the molecule is COc1cc2c(cc1Br)C1=C(Br)C(=O)CCC1(C)C2. The maximum Gasteiger partial charge on any atom is 0.170 e. The van der Waals surface area contributed by atoms with Crippen LogP contribution in [0.25, 0.3) is 5.57 Å². The lowest BCUT2D eigenvalue weighted by atomic mass is 9.74. The number of hydrogen-bond acceptors (Lipinski definition) is 2. The molecule has 1 unspecified atom stereocenters. The average molecular weight is 386 g/mol. The van der Waals surface area contributed by atoms with Crippen LogP contribution in [0.2, 0.25) is 0 Å². The molecule has 1 aromatic rings. The van der Waals surface area contributed by atoms with Crippen molar-refractivity contribution in [2.45, 2.75) is 26.2 Å². The van der Waals surface area contributed by atoms with Gasteiger partial charge in [-0.3, -0.25) is 4.79 Å². The number of carbonyl (C=O) groups excluding carboxylic acids is 1. The summed E-state index contributed by atoms with van der Waals surface area (Å²) in [5.41, 5.74) is 3.68. The fraction of sp³-hybridized carbons (Fsp3) is 0.400. The largest absolute Gasteiger partial charge is 0.496 e. The molecular weight excluding hydrogens is 372 g/mol. The average Bonchev–Trinajstić information content (AvgIpc) is 2.66. The molecule has 0 radical (unpaired) electrons. The quantitative estimate of drug-likeness (QED) is 0.711. The van der Waals surface area contributed by atoms with Gasteiger partial charge in [0.05, 0.1) is 16.1 Å². The molecule has 3 rings (SSSR count). The summed E-state index contributed by atoms with van der Waals surface area (Å²) < 4.78 is 7.06. The third-order valence-corrected chi connectivity index (χ3v) is 5.66. The van der Waals surface area contributed by atoms with Crippen molar-refractivity contribution in [3.8, 4) is 5.75 Å². The number of benzene rings is 1. The lowest BCUT2D eigenvalue weighted by Gasteiger charge is -2.31. The summed E-state index contributed by atoms with van der Waals surface area (Å²) in [5.74, 6) is 1.07. The molecule has 0 amide bonds. The summed E-state index contributed by atoms with van der Waals surface area (Å²) in [6.45, 7) is 2.25. The van der Waals surface area contributed by atoms with E-state index in [1.54, 1.807) is 7.11 Å². The van der Waals surface area contributed by atoms with Crippen molar-refractivity contribution in [3.05, 3.63) is 32.2 Å². The van der Waals surface area contributed by atoms with Crippen LogP contribution in [0.1, 0.15) is 30.9 Å². The van der Waals surface area contributed by atoms with Crippen molar-refractivity contribution in [1.82, 2.24) is 0 Å². The Hall–Kier alpha value is -0.610. The van der Waals surface area contributed by atoms with Crippen LogP contribution in [0.15, 0.2) is 21.1 Å². The van der Waals surface area contributed by atoms with Gasteiger partial charge in [-0.2, -0.15) is 0 Å². The molecule has 0 N–H and O–H groups in total. The van der Waals surface area contributed by atoms with Gasteiger partial charge in [0, 0.05) is 6.42 Å². The Balaban J connectivity index is 2.25. The zero-order valence-electron chi connectivity index (χ0n) is 10.8. The summed E-state index contributed by atoms with van der Waals surface area (Å²) in [5, 5.41) is 0. The second kappa shape index (κ2) is 4.45. The van der Waals surface area contributed by atoms with Gasteiger partial charge in [-0.25, -0.2) is 0 Å². The minimum absolute atomic E-state index is 0.0703. The first-order valence-corrected chi connectivity index (χ1v) is 7.85. The monoisotopic (exact) mass is 384 g/mol. The van der Waals surface area contributed by atoms with E-state index in [1.807, 2.05) is 0 Å². The van der Waals surface area contributed by atoms with Crippen molar-refractivity contribution >= 4 is 43.2 Å². The van der Waals surface area contributed by atoms with E-state index in [-0.39, 0.29) is 11.2 Å². The molecule has 2 nitrogen and oxygen atoms in total. The number of fused-ring (bicyclic) bond motifs is 3. The molecule has 0 aliphatic heterocycles. The standard InChI is InChI=1S/C15H14Br2O2/c1-15-4-3-11(18)14(17)13(15)9-6-10(16)12(19-2)5-8(9)7-15/h5-6H,3-4,7H2,1-2H3. The van der Waals surface area contributed by atoms with Gasteiger partial charge >= 0.3 is 0 Å². The van der Waals surface area contributed by atoms with Gasteiger partial charge in [-0.15, -0.1) is 0 Å². The first-order chi connectivity index (χ1) is 8.96. The Morgan fingerprint density at radius 2 is 2.05 bits per heavy atom. The third kappa shape index (κ3) is 1.91. The molecule has 0 saturated carbocycles. The highest BCUT2D eigenvalue weighted by molar-refractivity contribution is 9.12. The Labute approximate surface area is 129 Å². The van der Waals surface area contributed by atoms with Crippen LogP contribution in [-0.4, -0.2) is 12.9 Å². The number of halogens is 2. The number of hydrogen-bond donors (Lipinski definition) is 0. The van der Waals surface area contributed by atoms with Crippen LogP contribution >= 0.6 is 31.9 Å². The summed E-state index contributed by atoms with van der Waals surface area (Å²) in [4.78, 5) is 12.0. The van der Waals surface area contributed by atoms with E-state index in [0.29, 0.717) is 6.42 Å². The highest BCUT2D eigenvalue weighted by Crippen LogP contribution is 2.55. The van der Waals surface area contributed by atoms with Crippen LogP contribution in [0, 0.1) is 5.41 Å². The Kier molecular flexibility index (Phi) is 3.13. The molecule has 0 heterocycles. The highest BCUT2D eigenvalue weighted by atomic mass is 79.9. The van der Waals surface area contributed by atoms with Gasteiger partial charge in [-0.1, -0.05) is 6.92 Å². The van der Waals surface area contributed by atoms with Gasteiger partial charge in [0.2, 0.25) is 0 Å².